The molecule has 0 bridgehead atoms. The molecule has 2 aliphatic rings. The number of piperidine rings is 1. The van der Waals surface area contributed by atoms with Crippen LogP contribution in [0.4, 0.5) is 0 Å². The van der Waals surface area contributed by atoms with Gasteiger partial charge in [-0.3, -0.25) is 0 Å². The molecule has 0 aromatic rings. The van der Waals surface area contributed by atoms with Gasteiger partial charge in [0, 0.05) is 44.1 Å². The van der Waals surface area contributed by atoms with E-state index in [1.807, 2.05) is 6.92 Å². The Labute approximate surface area is 131 Å². The van der Waals surface area contributed by atoms with E-state index in [2.05, 4.69) is 20.8 Å². The normalized spacial score (nSPS) is 28.4. The first-order valence-corrected chi connectivity index (χ1v) is 10.1. The highest BCUT2D eigenvalue weighted by Crippen LogP contribution is 2.23. The molecule has 0 spiro atoms. The van der Waals surface area contributed by atoms with Gasteiger partial charge >= 0.3 is 0 Å². The van der Waals surface area contributed by atoms with Gasteiger partial charge in [0.25, 0.3) is 10.2 Å². The third-order valence-electron chi connectivity index (χ3n) is 4.31. The lowest BCUT2D eigenvalue weighted by molar-refractivity contribution is 0.243. The predicted octanol–water partition coefficient (Wildman–Crippen LogP) is 1.51. The van der Waals surface area contributed by atoms with Crippen molar-refractivity contribution in [1.29, 1.82) is 0 Å². The summed E-state index contributed by atoms with van der Waals surface area (Å²) in [5, 5.41) is 0.947. The standard InChI is InChI=1S/C13H26BrN3O2S/c1-13-5-2-3-9-17(13)20(18,19)16-8-4-7-15(10-6-14)11-12-16/h13H,2-12H2,1H3. The van der Waals surface area contributed by atoms with E-state index in [9.17, 15) is 8.42 Å². The second kappa shape index (κ2) is 7.54. The average molecular weight is 368 g/mol. The van der Waals surface area contributed by atoms with Gasteiger partial charge in [-0.25, -0.2) is 0 Å². The number of hydrogen-bond acceptors (Lipinski definition) is 3. The van der Waals surface area contributed by atoms with Crippen LogP contribution in [0.15, 0.2) is 0 Å². The van der Waals surface area contributed by atoms with Gasteiger partial charge in [-0.1, -0.05) is 22.4 Å². The van der Waals surface area contributed by atoms with Crippen LogP contribution < -0.4 is 0 Å². The van der Waals surface area contributed by atoms with Crippen LogP contribution in [-0.4, -0.2) is 72.6 Å². The molecule has 1 atom stereocenters. The largest absolute Gasteiger partial charge is 0.301 e. The minimum atomic E-state index is -3.27. The van der Waals surface area contributed by atoms with Gasteiger partial charge in [-0.05, 0) is 32.7 Å². The maximum absolute atomic E-state index is 12.8. The summed E-state index contributed by atoms with van der Waals surface area (Å²) in [5.74, 6) is 0. The fourth-order valence-electron chi connectivity index (χ4n) is 3.08. The average Bonchev–Trinajstić information content (AvgIpc) is 2.65. The van der Waals surface area contributed by atoms with E-state index < -0.39 is 10.2 Å². The molecule has 0 saturated carbocycles. The molecule has 7 heteroatoms. The Morgan fingerprint density at radius 3 is 2.55 bits per heavy atom. The molecule has 0 aliphatic carbocycles. The van der Waals surface area contributed by atoms with Crippen LogP contribution in [0.2, 0.25) is 0 Å². The van der Waals surface area contributed by atoms with Crippen molar-refractivity contribution < 1.29 is 8.42 Å². The van der Waals surface area contributed by atoms with Gasteiger partial charge in [0.05, 0.1) is 0 Å². The number of nitrogens with zero attached hydrogens (tertiary/aromatic N) is 3. The van der Waals surface area contributed by atoms with E-state index in [0.29, 0.717) is 19.6 Å². The molecule has 2 saturated heterocycles. The fraction of sp³-hybridized carbons (Fsp3) is 1.00. The second-order valence-electron chi connectivity index (χ2n) is 5.75. The molecule has 0 amide bonds. The van der Waals surface area contributed by atoms with Crippen LogP contribution in [0.25, 0.3) is 0 Å². The van der Waals surface area contributed by atoms with Crippen molar-refractivity contribution in [3.05, 3.63) is 0 Å². The summed E-state index contributed by atoms with van der Waals surface area (Å²) < 4.78 is 29.0. The van der Waals surface area contributed by atoms with Crippen LogP contribution in [-0.2, 0) is 10.2 Å². The Bertz CT molecular complexity index is 404. The Morgan fingerprint density at radius 1 is 1.05 bits per heavy atom. The molecule has 118 valence electrons. The lowest BCUT2D eigenvalue weighted by Gasteiger charge is -2.36. The summed E-state index contributed by atoms with van der Waals surface area (Å²) >= 11 is 3.45. The van der Waals surface area contributed by atoms with Crippen LogP contribution in [0, 0.1) is 0 Å². The highest BCUT2D eigenvalue weighted by molar-refractivity contribution is 9.09. The summed E-state index contributed by atoms with van der Waals surface area (Å²) in [5.41, 5.74) is 0. The SMILES string of the molecule is CC1CCCCN1S(=O)(=O)N1CCCN(CCBr)CC1. The van der Waals surface area contributed by atoms with Crippen molar-refractivity contribution in [3.8, 4) is 0 Å². The number of halogens is 1. The third-order valence-corrected chi connectivity index (χ3v) is 6.82. The number of alkyl halides is 1. The molecular formula is C13H26BrN3O2S. The Balaban J connectivity index is 2.01. The smallest absolute Gasteiger partial charge is 0.282 e. The summed E-state index contributed by atoms with van der Waals surface area (Å²) in [6, 6.07) is 0.149. The summed E-state index contributed by atoms with van der Waals surface area (Å²) in [7, 11) is -3.27. The Kier molecular flexibility index (Phi) is 6.28. The molecule has 1 unspecified atom stereocenters. The molecule has 20 heavy (non-hydrogen) atoms. The predicted molar refractivity (Wildman–Crippen MR) is 85.4 cm³/mol. The van der Waals surface area contributed by atoms with E-state index in [4.69, 9.17) is 0 Å². The zero-order chi connectivity index (χ0) is 14.6. The fourth-order valence-corrected chi connectivity index (χ4v) is 5.47. The highest BCUT2D eigenvalue weighted by atomic mass is 79.9. The van der Waals surface area contributed by atoms with Gasteiger partial charge < -0.3 is 4.90 Å². The molecule has 2 aliphatic heterocycles. The lowest BCUT2D eigenvalue weighted by Crippen LogP contribution is -2.50. The summed E-state index contributed by atoms with van der Waals surface area (Å²) in [4.78, 5) is 2.34. The van der Waals surface area contributed by atoms with Crippen LogP contribution in [0.1, 0.15) is 32.6 Å². The summed E-state index contributed by atoms with van der Waals surface area (Å²) in [6.45, 7) is 6.83. The number of rotatable bonds is 4. The minimum absolute atomic E-state index is 0.149. The first-order valence-electron chi connectivity index (χ1n) is 7.61. The molecule has 0 aromatic carbocycles. The van der Waals surface area contributed by atoms with Crippen molar-refractivity contribution in [2.45, 2.75) is 38.6 Å². The molecule has 5 nitrogen and oxygen atoms in total. The molecule has 0 aromatic heterocycles. The Hall–Kier alpha value is 0.310. The zero-order valence-electron chi connectivity index (χ0n) is 12.3. The minimum Gasteiger partial charge on any atom is -0.301 e. The van der Waals surface area contributed by atoms with E-state index in [-0.39, 0.29) is 6.04 Å². The topological polar surface area (TPSA) is 43.9 Å². The van der Waals surface area contributed by atoms with Gasteiger partial charge in [-0.2, -0.15) is 17.0 Å². The van der Waals surface area contributed by atoms with Crippen molar-refractivity contribution in [2.75, 3.05) is 44.6 Å². The molecule has 0 radical (unpaired) electrons. The zero-order valence-corrected chi connectivity index (χ0v) is 14.7. The maximum Gasteiger partial charge on any atom is 0.282 e. The third kappa shape index (κ3) is 3.94. The molecule has 2 heterocycles. The first kappa shape index (κ1) is 16.7. The van der Waals surface area contributed by atoms with E-state index in [1.54, 1.807) is 8.61 Å². The highest BCUT2D eigenvalue weighted by Gasteiger charge is 2.35. The maximum atomic E-state index is 12.8. The molecule has 2 fully saturated rings. The van der Waals surface area contributed by atoms with Crippen molar-refractivity contribution >= 4 is 26.1 Å². The van der Waals surface area contributed by atoms with Crippen molar-refractivity contribution in [1.82, 2.24) is 13.5 Å². The summed E-state index contributed by atoms with van der Waals surface area (Å²) in [6.07, 6.45) is 4.05. The van der Waals surface area contributed by atoms with Gasteiger partial charge in [0.1, 0.15) is 0 Å². The first-order chi connectivity index (χ1) is 9.55. The monoisotopic (exact) mass is 367 g/mol. The molecular weight excluding hydrogens is 342 g/mol. The molecule has 2 rings (SSSR count). The van der Waals surface area contributed by atoms with Crippen molar-refractivity contribution in [2.24, 2.45) is 0 Å². The van der Waals surface area contributed by atoms with E-state index in [1.165, 1.54) is 0 Å². The van der Waals surface area contributed by atoms with Gasteiger partial charge in [-0.15, -0.1) is 0 Å². The van der Waals surface area contributed by atoms with Crippen LogP contribution in [0.5, 0.6) is 0 Å². The van der Waals surface area contributed by atoms with Crippen LogP contribution in [0.3, 0.4) is 0 Å². The van der Waals surface area contributed by atoms with Gasteiger partial charge in [0.2, 0.25) is 0 Å². The van der Waals surface area contributed by atoms with E-state index in [0.717, 1.165) is 50.6 Å². The Morgan fingerprint density at radius 2 is 1.85 bits per heavy atom. The van der Waals surface area contributed by atoms with Crippen LogP contribution >= 0.6 is 15.9 Å². The van der Waals surface area contributed by atoms with E-state index >= 15 is 0 Å². The second-order valence-corrected chi connectivity index (χ2v) is 8.42. The quantitative estimate of drug-likeness (QED) is 0.707. The van der Waals surface area contributed by atoms with Crippen molar-refractivity contribution in [3.63, 3.8) is 0 Å². The lowest BCUT2D eigenvalue weighted by atomic mass is 10.1. The molecule has 0 N–H and O–H groups in total. The number of hydrogen-bond donors (Lipinski definition) is 0. The van der Waals surface area contributed by atoms with Gasteiger partial charge in [0.15, 0.2) is 0 Å².